The van der Waals surface area contributed by atoms with Gasteiger partial charge in [-0.15, -0.1) is 0 Å². The van der Waals surface area contributed by atoms with E-state index in [0.29, 0.717) is 12.4 Å². The number of carbonyl (C=O) groups excluding carboxylic acids is 2. The minimum atomic E-state index is -0.759. The molecule has 0 aromatic heterocycles. The van der Waals surface area contributed by atoms with Crippen LogP contribution in [0.5, 0.6) is 5.75 Å². The van der Waals surface area contributed by atoms with Crippen LogP contribution in [0.15, 0.2) is 29.4 Å². The summed E-state index contributed by atoms with van der Waals surface area (Å²) in [5.74, 6) is -0.713. The van der Waals surface area contributed by atoms with Gasteiger partial charge in [-0.3, -0.25) is 9.59 Å². The van der Waals surface area contributed by atoms with E-state index in [1.54, 1.807) is 0 Å². The van der Waals surface area contributed by atoms with E-state index in [0.717, 1.165) is 24.8 Å². The summed E-state index contributed by atoms with van der Waals surface area (Å²) in [6.45, 7) is 2.64. The first-order valence-corrected chi connectivity index (χ1v) is 7.06. The van der Waals surface area contributed by atoms with Gasteiger partial charge >= 0.3 is 11.8 Å². The van der Waals surface area contributed by atoms with Crippen molar-refractivity contribution >= 4 is 18.0 Å². The van der Waals surface area contributed by atoms with Crippen LogP contribution in [0.1, 0.15) is 31.7 Å². The molecule has 1 aliphatic rings. The first-order valence-electron chi connectivity index (χ1n) is 7.06. The Morgan fingerprint density at radius 1 is 1.33 bits per heavy atom. The number of hydrazone groups is 1. The number of hydrogen-bond acceptors (Lipinski definition) is 4. The highest BCUT2D eigenvalue weighted by atomic mass is 16.5. The molecule has 0 saturated heterocycles. The molecule has 2 amide bonds. The van der Waals surface area contributed by atoms with Gasteiger partial charge in [0.2, 0.25) is 0 Å². The van der Waals surface area contributed by atoms with Crippen LogP contribution in [0.4, 0.5) is 0 Å². The Bertz CT molecular complexity index is 539. The molecule has 21 heavy (non-hydrogen) atoms. The molecule has 0 bridgehead atoms. The molecule has 1 fully saturated rings. The van der Waals surface area contributed by atoms with Gasteiger partial charge in [0.1, 0.15) is 5.75 Å². The summed E-state index contributed by atoms with van der Waals surface area (Å²) < 4.78 is 5.57. The number of carbonyl (C=O) groups is 2. The zero-order chi connectivity index (χ0) is 15.1. The van der Waals surface area contributed by atoms with Crippen molar-refractivity contribution in [2.75, 3.05) is 6.61 Å². The lowest BCUT2D eigenvalue weighted by atomic mass is 10.2. The third-order valence-corrected chi connectivity index (χ3v) is 2.87. The quantitative estimate of drug-likeness (QED) is 0.469. The molecule has 1 aromatic carbocycles. The number of nitrogens with one attached hydrogen (secondary N) is 2. The molecule has 112 valence electrons. The molecule has 6 heteroatoms. The second-order valence-corrected chi connectivity index (χ2v) is 4.83. The first-order chi connectivity index (χ1) is 10.2. The minimum absolute atomic E-state index is 0.149. The number of hydrogen-bond donors (Lipinski definition) is 2. The Hall–Kier alpha value is -2.37. The Balaban J connectivity index is 1.88. The molecule has 2 rings (SSSR count). The summed E-state index contributed by atoms with van der Waals surface area (Å²) in [4.78, 5) is 22.9. The molecule has 1 aromatic rings. The fourth-order valence-corrected chi connectivity index (χ4v) is 1.62. The molecule has 1 saturated carbocycles. The predicted molar refractivity (Wildman–Crippen MR) is 79.1 cm³/mol. The van der Waals surface area contributed by atoms with Crippen molar-refractivity contribution in [1.29, 1.82) is 0 Å². The SMILES string of the molecule is CCCOc1ccccc1/C=N\NC(=O)C(=O)NC1CC1. The van der Waals surface area contributed by atoms with E-state index in [1.165, 1.54) is 6.21 Å². The van der Waals surface area contributed by atoms with E-state index < -0.39 is 11.8 Å². The number of rotatable bonds is 6. The molecule has 6 nitrogen and oxygen atoms in total. The van der Waals surface area contributed by atoms with Crippen molar-refractivity contribution in [3.63, 3.8) is 0 Å². The second kappa shape index (κ2) is 7.42. The summed E-state index contributed by atoms with van der Waals surface area (Å²) in [5.41, 5.74) is 2.95. The highest BCUT2D eigenvalue weighted by Crippen LogP contribution is 2.18. The van der Waals surface area contributed by atoms with Crippen molar-refractivity contribution in [3.05, 3.63) is 29.8 Å². The van der Waals surface area contributed by atoms with Crippen molar-refractivity contribution in [2.24, 2.45) is 5.10 Å². The van der Waals surface area contributed by atoms with Gasteiger partial charge in [0.15, 0.2) is 0 Å². The maximum absolute atomic E-state index is 11.5. The Morgan fingerprint density at radius 3 is 2.81 bits per heavy atom. The Labute approximate surface area is 123 Å². The highest BCUT2D eigenvalue weighted by Gasteiger charge is 2.26. The van der Waals surface area contributed by atoms with Crippen molar-refractivity contribution in [1.82, 2.24) is 10.7 Å². The minimum Gasteiger partial charge on any atom is -0.493 e. The molecule has 2 N–H and O–H groups in total. The summed E-state index contributed by atoms with van der Waals surface area (Å²) in [6, 6.07) is 7.52. The van der Waals surface area contributed by atoms with Gasteiger partial charge < -0.3 is 10.1 Å². The molecule has 0 radical (unpaired) electrons. The maximum Gasteiger partial charge on any atom is 0.329 e. The molecule has 0 heterocycles. The van der Waals surface area contributed by atoms with Crippen molar-refractivity contribution < 1.29 is 14.3 Å². The van der Waals surface area contributed by atoms with Gasteiger partial charge in [-0.25, -0.2) is 5.43 Å². The summed E-state index contributed by atoms with van der Waals surface area (Å²) >= 11 is 0. The lowest BCUT2D eigenvalue weighted by Gasteiger charge is -2.07. The molecule has 0 atom stereocenters. The fraction of sp³-hybridized carbons (Fsp3) is 0.400. The summed E-state index contributed by atoms with van der Waals surface area (Å²) in [5, 5.41) is 6.39. The smallest absolute Gasteiger partial charge is 0.329 e. The van der Waals surface area contributed by atoms with Gasteiger partial charge in [0.05, 0.1) is 12.8 Å². The molecule has 0 aliphatic heterocycles. The average molecular weight is 289 g/mol. The van der Waals surface area contributed by atoms with Crippen LogP contribution >= 0.6 is 0 Å². The van der Waals surface area contributed by atoms with Crippen LogP contribution < -0.4 is 15.5 Å². The largest absolute Gasteiger partial charge is 0.493 e. The zero-order valence-corrected chi connectivity index (χ0v) is 12.0. The highest BCUT2D eigenvalue weighted by molar-refractivity contribution is 6.35. The third-order valence-electron chi connectivity index (χ3n) is 2.87. The Morgan fingerprint density at radius 2 is 2.10 bits per heavy atom. The van der Waals surface area contributed by atoms with E-state index in [4.69, 9.17) is 4.74 Å². The lowest BCUT2D eigenvalue weighted by molar-refractivity contribution is -0.139. The average Bonchev–Trinajstić information content (AvgIpc) is 3.30. The van der Waals surface area contributed by atoms with Crippen molar-refractivity contribution in [3.8, 4) is 5.75 Å². The van der Waals surface area contributed by atoms with Gasteiger partial charge in [0.25, 0.3) is 0 Å². The predicted octanol–water partition coefficient (Wildman–Crippen LogP) is 1.20. The number of nitrogens with zero attached hydrogens (tertiary/aromatic N) is 1. The van der Waals surface area contributed by atoms with Crippen LogP contribution in [0, 0.1) is 0 Å². The molecular formula is C15H19N3O3. The van der Waals surface area contributed by atoms with Gasteiger partial charge in [-0.05, 0) is 31.4 Å². The maximum atomic E-state index is 11.5. The molecular weight excluding hydrogens is 270 g/mol. The monoisotopic (exact) mass is 289 g/mol. The standard InChI is InChI=1S/C15H19N3O3/c1-2-9-21-13-6-4-3-5-11(13)10-16-18-15(20)14(19)17-12-7-8-12/h3-6,10,12H,2,7-9H2,1H3,(H,17,19)(H,18,20)/b16-10-. The van der Waals surface area contributed by atoms with Crippen LogP contribution in [0.25, 0.3) is 0 Å². The van der Waals surface area contributed by atoms with E-state index in [-0.39, 0.29) is 6.04 Å². The number of ether oxygens (including phenoxy) is 1. The Kier molecular flexibility index (Phi) is 5.31. The van der Waals surface area contributed by atoms with Gasteiger partial charge in [-0.2, -0.15) is 5.10 Å². The van der Waals surface area contributed by atoms with Crippen LogP contribution in [0.2, 0.25) is 0 Å². The van der Waals surface area contributed by atoms with E-state index in [1.807, 2.05) is 31.2 Å². The third kappa shape index (κ3) is 4.91. The lowest BCUT2D eigenvalue weighted by Crippen LogP contribution is -2.38. The van der Waals surface area contributed by atoms with Gasteiger partial charge in [-0.1, -0.05) is 19.1 Å². The molecule has 0 unspecified atom stereocenters. The van der Waals surface area contributed by atoms with Crippen LogP contribution in [-0.4, -0.2) is 30.7 Å². The number of benzene rings is 1. The fourth-order valence-electron chi connectivity index (χ4n) is 1.62. The van der Waals surface area contributed by atoms with E-state index in [2.05, 4.69) is 15.8 Å². The summed E-state index contributed by atoms with van der Waals surface area (Å²) in [7, 11) is 0. The number of amides is 2. The van der Waals surface area contributed by atoms with Gasteiger partial charge in [0, 0.05) is 11.6 Å². The second-order valence-electron chi connectivity index (χ2n) is 4.83. The summed E-state index contributed by atoms with van der Waals surface area (Å²) in [6.07, 6.45) is 4.24. The first kappa shape index (κ1) is 15.0. The van der Waals surface area contributed by atoms with E-state index in [9.17, 15) is 9.59 Å². The zero-order valence-electron chi connectivity index (χ0n) is 12.0. The van der Waals surface area contributed by atoms with Crippen LogP contribution in [-0.2, 0) is 9.59 Å². The molecule has 1 aliphatic carbocycles. The topological polar surface area (TPSA) is 79.8 Å². The molecule has 0 spiro atoms. The normalized spacial score (nSPS) is 14.0. The van der Waals surface area contributed by atoms with Crippen LogP contribution in [0.3, 0.4) is 0 Å². The van der Waals surface area contributed by atoms with E-state index >= 15 is 0 Å². The number of para-hydroxylation sites is 1. The van der Waals surface area contributed by atoms with Crippen molar-refractivity contribution in [2.45, 2.75) is 32.2 Å².